The number of benzene rings is 1. The second kappa shape index (κ2) is 3.14. The van der Waals surface area contributed by atoms with E-state index in [0.717, 1.165) is 22.8 Å². The van der Waals surface area contributed by atoms with Crippen LogP contribution in [0.2, 0.25) is 0 Å². The molecule has 0 saturated heterocycles. The Hall–Kier alpha value is -1.84. The monoisotopic (exact) mass is 190 g/mol. The van der Waals surface area contributed by atoms with E-state index in [0.29, 0.717) is 11.3 Å². The number of carbonyl (C=O) groups is 1. The van der Waals surface area contributed by atoms with Crippen LogP contribution in [-0.4, -0.2) is 23.6 Å². The minimum atomic E-state index is 0.543. The molecule has 1 aromatic heterocycles. The lowest BCUT2D eigenvalue weighted by Gasteiger charge is -2.05. The minimum Gasteiger partial charge on any atom is -0.496 e. The van der Waals surface area contributed by atoms with Crippen molar-refractivity contribution in [3.63, 3.8) is 0 Å². The Morgan fingerprint density at radius 2 is 2.36 bits per heavy atom. The third-order valence-electron chi connectivity index (χ3n) is 2.27. The van der Waals surface area contributed by atoms with E-state index in [1.165, 1.54) is 0 Å². The highest BCUT2D eigenvalue weighted by Gasteiger charge is 2.11. The smallest absolute Gasteiger partial charge is 0.154 e. The molecule has 0 aliphatic carbocycles. The molecule has 2 rings (SSSR count). The fourth-order valence-corrected chi connectivity index (χ4v) is 1.56. The summed E-state index contributed by atoms with van der Waals surface area (Å²) in [5.41, 5.74) is 2.44. The van der Waals surface area contributed by atoms with Crippen molar-refractivity contribution in [2.75, 3.05) is 7.11 Å². The first-order valence-corrected chi connectivity index (χ1v) is 4.23. The molecule has 0 radical (unpaired) electrons. The Balaban J connectivity index is 2.88. The van der Waals surface area contributed by atoms with Crippen molar-refractivity contribution in [2.45, 2.75) is 6.92 Å². The molecule has 1 heterocycles. The van der Waals surface area contributed by atoms with E-state index in [1.807, 2.05) is 13.0 Å². The number of nitrogens with one attached hydrogen (secondary N) is 1. The second-order valence-corrected chi connectivity index (χ2v) is 3.09. The zero-order chi connectivity index (χ0) is 10.1. The number of H-pyrrole nitrogens is 1. The first-order chi connectivity index (χ1) is 6.77. The summed E-state index contributed by atoms with van der Waals surface area (Å²) in [5.74, 6) is 0.589. The van der Waals surface area contributed by atoms with Gasteiger partial charge in [0.1, 0.15) is 5.75 Å². The predicted molar refractivity (Wildman–Crippen MR) is 52.8 cm³/mol. The molecule has 4 heteroatoms. The van der Waals surface area contributed by atoms with Crippen LogP contribution in [0, 0.1) is 6.92 Å². The van der Waals surface area contributed by atoms with Gasteiger partial charge in [0.15, 0.2) is 6.29 Å². The number of aldehydes is 1. The van der Waals surface area contributed by atoms with Crippen molar-refractivity contribution in [1.29, 1.82) is 0 Å². The van der Waals surface area contributed by atoms with Crippen LogP contribution in [0.4, 0.5) is 0 Å². The molecule has 0 spiro atoms. The normalized spacial score (nSPS) is 10.4. The van der Waals surface area contributed by atoms with Crippen molar-refractivity contribution in [3.05, 3.63) is 23.4 Å². The van der Waals surface area contributed by atoms with Gasteiger partial charge in [0.25, 0.3) is 0 Å². The Morgan fingerprint density at radius 1 is 1.57 bits per heavy atom. The van der Waals surface area contributed by atoms with Crippen LogP contribution in [0.1, 0.15) is 15.9 Å². The van der Waals surface area contributed by atoms with Gasteiger partial charge in [-0.15, -0.1) is 0 Å². The summed E-state index contributed by atoms with van der Waals surface area (Å²) >= 11 is 0. The fourth-order valence-electron chi connectivity index (χ4n) is 1.56. The van der Waals surface area contributed by atoms with Gasteiger partial charge in [-0.1, -0.05) is 0 Å². The molecule has 1 aromatic carbocycles. The molecule has 0 aliphatic rings. The molecule has 0 bridgehead atoms. The zero-order valence-corrected chi connectivity index (χ0v) is 8.00. The van der Waals surface area contributed by atoms with Crippen molar-refractivity contribution in [1.82, 2.24) is 10.2 Å². The van der Waals surface area contributed by atoms with Crippen LogP contribution >= 0.6 is 0 Å². The topological polar surface area (TPSA) is 55.0 Å². The SMILES string of the molecule is COc1cc(C)c2[nH]ncc2c1C=O. The van der Waals surface area contributed by atoms with Crippen LogP contribution in [-0.2, 0) is 0 Å². The molecule has 0 aliphatic heterocycles. The van der Waals surface area contributed by atoms with Gasteiger partial charge in [-0.25, -0.2) is 0 Å². The number of carbonyl (C=O) groups excluding carboxylic acids is 1. The van der Waals surface area contributed by atoms with Gasteiger partial charge in [0.05, 0.1) is 24.4 Å². The van der Waals surface area contributed by atoms with E-state index in [-0.39, 0.29) is 0 Å². The Morgan fingerprint density at radius 3 is 3.00 bits per heavy atom. The lowest BCUT2D eigenvalue weighted by molar-refractivity contribution is 0.112. The molecule has 72 valence electrons. The predicted octanol–water partition coefficient (Wildman–Crippen LogP) is 1.69. The van der Waals surface area contributed by atoms with E-state index >= 15 is 0 Å². The summed E-state index contributed by atoms with van der Waals surface area (Å²) in [7, 11) is 1.55. The standard InChI is InChI=1S/C10H10N2O2/c1-6-3-9(14-2)8(5-13)7-4-11-12-10(6)7/h3-5H,1-2H3,(H,11,12). The number of aromatic nitrogens is 2. The van der Waals surface area contributed by atoms with Crippen molar-refractivity contribution >= 4 is 17.2 Å². The first kappa shape index (κ1) is 8.74. The number of nitrogens with zero attached hydrogens (tertiary/aromatic N) is 1. The largest absolute Gasteiger partial charge is 0.496 e. The molecule has 0 saturated carbocycles. The van der Waals surface area contributed by atoms with Gasteiger partial charge >= 0.3 is 0 Å². The van der Waals surface area contributed by atoms with Crippen LogP contribution in [0.5, 0.6) is 5.75 Å². The van der Waals surface area contributed by atoms with Crippen molar-refractivity contribution < 1.29 is 9.53 Å². The average molecular weight is 190 g/mol. The second-order valence-electron chi connectivity index (χ2n) is 3.09. The summed E-state index contributed by atoms with van der Waals surface area (Å²) in [6.07, 6.45) is 2.42. The number of hydrogen-bond donors (Lipinski definition) is 1. The minimum absolute atomic E-state index is 0.543. The molecule has 0 fully saturated rings. The van der Waals surface area contributed by atoms with Gasteiger partial charge in [0.2, 0.25) is 0 Å². The molecule has 2 aromatic rings. The van der Waals surface area contributed by atoms with Gasteiger partial charge in [-0.2, -0.15) is 5.10 Å². The fraction of sp³-hybridized carbons (Fsp3) is 0.200. The van der Waals surface area contributed by atoms with E-state index in [2.05, 4.69) is 10.2 Å². The quantitative estimate of drug-likeness (QED) is 0.733. The summed E-state index contributed by atoms with van der Waals surface area (Å²) in [5, 5.41) is 7.56. The van der Waals surface area contributed by atoms with Crippen LogP contribution in [0.15, 0.2) is 12.3 Å². The van der Waals surface area contributed by atoms with Gasteiger partial charge in [0, 0.05) is 5.39 Å². The average Bonchev–Trinajstić information content (AvgIpc) is 2.66. The van der Waals surface area contributed by atoms with Crippen LogP contribution in [0.3, 0.4) is 0 Å². The van der Waals surface area contributed by atoms with Crippen LogP contribution < -0.4 is 4.74 Å². The lowest BCUT2D eigenvalue weighted by Crippen LogP contribution is -1.92. The molecular weight excluding hydrogens is 180 g/mol. The van der Waals surface area contributed by atoms with Crippen LogP contribution in [0.25, 0.3) is 10.9 Å². The molecule has 14 heavy (non-hydrogen) atoms. The molecule has 1 N–H and O–H groups in total. The number of aromatic amines is 1. The van der Waals surface area contributed by atoms with Gasteiger partial charge in [-0.05, 0) is 18.6 Å². The first-order valence-electron chi connectivity index (χ1n) is 4.23. The number of fused-ring (bicyclic) bond motifs is 1. The maximum absolute atomic E-state index is 10.9. The highest BCUT2D eigenvalue weighted by Crippen LogP contribution is 2.27. The molecule has 4 nitrogen and oxygen atoms in total. The lowest BCUT2D eigenvalue weighted by atomic mass is 10.1. The molecule has 0 atom stereocenters. The number of ether oxygens (including phenoxy) is 1. The summed E-state index contributed by atoms with van der Waals surface area (Å²) in [4.78, 5) is 10.9. The summed E-state index contributed by atoms with van der Waals surface area (Å²) in [6, 6.07) is 1.82. The Bertz CT molecular complexity index is 488. The highest BCUT2D eigenvalue weighted by atomic mass is 16.5. The van der Waals surface area contributed by atoms with E-state index in [4.69, 9.17) is 4.74 Å². The highest BCUT2D eigenvalue weighted by molar-refractivity contribution is 6.00. The molecular formula is C10H10N2O2. The molecule has 0 unspecified atom stereocenters. The van der Waals surface area contributed by atoms with E-state index in [1.54, 1.807) is 13.3 Å². The maximum Gasteiger partial charge on any atom is 0.154 e. The Kier molecular flexibility index (Phi) is 1.96. The Labute approximate surface area is 80.9 Å². The zero-order valence-electron chi connectivity index (χ0n) is 8.00. The molecule has 0 amide bonds. The number of hydrogen-bond acceptors (Lipinski definition) is 3. The summed E-state index contributed by atoms with van der Waals surface area (Å²) < 4.78 is 5.12. The summed E-state index contributed by atoms with van der Waals surface area (Å²) in [6.45, 7) is 1.94. The number of aryl methyl sites for hydroxylation is 1. The third kappa shape index (κ3) is 1.08. The maximum atomic E-state index is 10.9. The van der Waals surface area contributed by atoms with Gasteiger partial charge in [-0.3, -0.25) is 9.89 Å². The number of rotatable bonds is 2. The van der Waals surface area contributed by atoms with Crippen molar-refractivity contribution in [2.24, 2.45) is 0 Å². The van der Waals surface area contributed by atoms with Crippen molar-refractivity contribution in [3.8, 4) is 5.75 Å². The van der Waals surface area contributed by atoms with E-state index in [9.17, 15) is 4.79 Å². The number of methoxy groups -OCH3 is 1. The third-order valence-corrected chi connectivity index (χ3v) is 2.27. The van der Waals surface area contributed by atoms with E-state index < -0.39 is 0 Å². The van der Waals surface area contributed by atoms with Gasteiger partial charge < -0.3 is 4.74 Å².